The number of esters is 2. The molecule has 41 heavy (non-hydrogen) atoms. The van der Waals surface area contributed by atoms with Crippen molar-refractivity contribution < 1.29 is 47.6 Å². The quantitative estimate of drug-likeness (QED) is 0.0979. The Kier molecular flexibility index (Phi) is 16.5. The van der Waals surface area contributed by atoms with Crippen molar-refractivity contribution in [1.82, 2.24) is 0 Å². The van der Waals surface area contributed by atoms with E-state index in [4.69, 9.17) is 34.2 Å². The molecule has 0 amide bonds. The summed E-state index contributed by atoms with van der Waals surface area (Å²) in [5.74, 6) is -0.999. The third-order valence-electron chi connectivity index (χ3n) is 6.67. The van der Waals surface area contributed by atoms with E-state index in [1.807, 2.05) is 34.6 Å². The van der Waals surface area contributed by atoms with Crippen LogP contribution in [-0.4, -0.2) is 56.7 Å². The highest BCUT2D eigenvalue weighted by atomic mass is 16.7. The van der Waals surface area contributed by atoms with Gasteiger partial charge in [0.15, 0.2) is 11.5 Å². The lowest BCUT2D eigenvalue weighted by atomic mass is 9.88. The van der Waals surface area contributed by atoms with Crippen LogP contribution in [0.1, 0.15) is 85.1 Å². The van der Waals surface area contributed by atoms with Crippen molar-refractivity contribution >= 4 is 24.2 Å². The van der Waals surface area contributed by atoms with Crippen molar-refractivity contribution in [3.63, 3.8) is 0 Å². The molecule has 0 radical (unpaired) electrons. The Labute approximate surface area is 243 Å². The third-order valence-corrected chi connectivity index (χ3v) is 6.67. The number of nitrogens with two attached hydrogens (primary N) is 1. The zero-order chi connectivity index (χ0) is 30.8. The number of unbranched alkanes of at least 4 members (excludes halogenated alkanes) is 2. The van der Waals surface area contributed by atoms with Gasteiger partial charge in [0.1, 0.15) is 5.54 Å². The van der Waals surface area contributed by atoms with E-state index in [2.05, 4.69) is 0 Å². The summed E-state index contributed by atoms with van der Waals surface area (Å²) in [5, 5.41) is 0. The van der Waals surface area contributed by atoms with Gasteiger partial charge in [-0.15, -0.1) is 0 Å². The van der Waals surface area contributed by atoms with Gasteiger partial charge in [0.05, 0.1) is 26.9 Å². The van der Waals surface area contributed by atoms with E-state index in [9.17, 15) is 19.2 Å². The minimum atomic E-state index is -1.55. The first-order valence-corrected chi connectivity index (χ1v) is 14.3. The van der Waals surface area contributed by atoms with Crippen LogP contribution in [0.25, 0.3) is 0 Å². The van der Waals surface area contributed by atoms with Gasteiger partial charge in [-0.05, 0) is 36.0 Å². The molecular formula is C30H47NO10. The molecule has 0 aliphatic rings. The number of carbonyl (C=O) groups is 4. The molecule has 1 aromatic carbocycles. The van der Waals surface area contributed by atoms with Gasteiger partial charge in [0.2, 0.25) is 0 Å². The molecule has 0 fully saturated rings. The van der Waals surface area contributed by atoms with Gasteiger partial charge in [-0.25, -0.2) is 9.59 Å². The second kappa shape index (κ2) is 18.9. The molecule has 1 rings (SSSR count). The van der Waals surface area contributed by atoms with Crippen LogP contribution >= 0.6 is 0 Å². The van der Waals surface area contributed by atoms with Crippen LogP contribution in [0.15, 0.2) is 18.2 Å². The number of benzene rings is 1. The second-order valence-electron chi connectivity index (χ2n) is 10.4. The number of hydrogen-bond donors (Lipinski definition) is 1. The summed E-state index contributed by atoms with van der Waals surface area (Å²) in [6.07, 6.45) is 2.53. The smallest absolute Gasteiger partial charge is 0.468 e. The third kappa shape index (κ3) is 13.7. The molecule has 0 aliphatic heterocycles. The predicted octanol–water partition coefficient (Wildman–Crippen LogP) is 5.74. The van der Waals surface area contributed by atoms with Gasteiger partial charge in [0, 0.05) is 19.3 Å². The van der Waals surface area contributed by atoms with E-state index in [0.717, 1.165) is 32.1 Å². The molecule has 232 valence electrons. The van der Waals surface area contributed by atoms with Crippen molar-refractivity contribution in [2.45, 2.75) is 91.5 Å². The lowest BCUT2D eigenvalue weighted by Crippen LogP contribution is -2.51. The van der Waals surface area contributed by atoms with Gasteiger partial charge in [0.25, 0.3) is 0 Å². The number of methoxy groups -OCH3 is 1. The van der Waals surface area contributed by atoms with E-state index in [1.54, 1.807) is 6.07 Å². The maximum atomic E-state index is 12.6. The van der Waals surface area contributed by atoms with Crippen LogP contribution in [0, 0.1) is 11.8 Å². The SMILES string of the molecule is CCCCCC(=O)OCC[C@@](N)(Cc1ccc(OC(=O)OCC(C)CC)c(OC(=O)OCC(C)CC)c1)C(=O)OC. The predicted molar refractivity (Wildman–Crippen MR) is 152 cm³/mol. The van der Waals surface area contributed by atoms with Gasteiger partial charge in [-0.3, -0.25) is 9.59 Å². The molecule has 0 bridgehead atoms. The van der Waals surface area contributed by atoms with Crippen LogP contribution in [0.5, 0.6) is 11.5 Å². The first-order chi connectivity index (χ1) is 19.5. The number of carbonyl (C=O) groups excluding carboxylic acids is 4. The van der Waals surface area contributed by atoms with E-state index in [0.29, 0.717) is 12.0 Å². The Balaban J connectivity index is 3.10. The molecule has 1 aromatic rings. The maximum Gasteiger partial charge on any atom is 0.513 e. The summed E-state index contributed by atoms with van der Waals surface area (Å²) in [7, 11) is 1.21. The van der Waals surface area contributed by atoms with Gasteiger partial charge < -0.3 is 34.2 Å². The molecule has 0 saturated carbocycles. The first kappa shape index (κ1) is 35.7. The first-order valence-electron chi connectivity index (χ1n) is 14.3. The van der Waals surface area contributed by atoms with Crippen LogP contribution in [-0.2, 0) is 35.0 Å². The van der Waals surface area contributed by atoms with E-state index in [1.165, 1.54) is 19.2 Å². The highest BCUT2D eigenvalue weighted by molar-refractivity contribution is 5.81. The average Bonchev–Trinajstić information content (AvgIpc) is 2.95. The molecule has 11 heteroatoms. The van der Waals surface area contributed by atoms with E-state index < -0.39 is 23.8 Å². The summed E-state index contributed by atoms with van der Waals surface area (Å²) in [6.45, 7) is 10.1. The zero-order valence-electron chi connectivity index (χ0n) is 25.3. The molecule has 0 spiro atoms. The fourth-order valence-corrected chi connectivity index (χ4v) is 3.49. The van der Waals surface area contributed by atoms with Crippen molar-refractivity contribution in [3.8, 4) is 11.5 Å². The highest BCUT2D eigenvalue weighted by Gasteiger charge is 2.36. The largest absolute Gasteiger partial charge is 0.513 e. The lowest BCUT2D eigenvalue weighted by molar-refractivity contribution is -0.151. The molecule has 3 atom stereocenters. The molecule has 2 unspecified atom stereocenters. The normalized spacial score (nSPS) is 13.7. The Bertz CT molecular complexity index is 982. The van der Waals surface area contributed by atoms with E-state index in [-0.39, 0.29) is 62.0 Å². The van der Waals surface area contributed by atoms with Crippen molar-refractivity contribution in [2.24, 2.45) is 17.6 Å². The number of hydrogen-bond acceptors (Lipinski definition) is 11. The maximum absolute atomic E-state index is 12.6. The summed E-state index contributed by atoms with van der Waals surface area (Å²) >= 11 is 0. The molecule has 0 heterocycles. The standard InChI is InChI=1S/C30H47NO10/c1-7-10-11-12-26(32)37-16-15-30(31,27(33)36-6)18-23-13-14-24(40-28(34)38-19-21(4)8-2)25(17-23)41-29(35)39-20-22(5)9-3/h13-14,17,21-22H,7-12,15-16,18-20,31H2,1-6H3/t21?,22?,30-/m1/s1. The van der Waals surface area contributed by atoms with Crippen molar-refractivity contribution in [2.75, 3.05) is 26.9 Å². The Morgan fingerprint density at radius 3 is 1.98 bits per heavy atom. The Hall–Kier alpha value is -3.34. The summed E-state index contributed by atoms with van der Waals surface area (Å²) in [4.78, 5) is 49.3. The van der Waals surface area contributed by atoms with Gasteiger partial charge >= 0.3 is 24.2 Å². The fourth-order valence-electron chi connectivity index (χ4n) is 3.49. The molecule has 0 saturated heterocycles. The number of ether oxygens (including phenoxy) is 6. The van der Waals surface area contributed by atoms with Gasteiger partial charge in [-0.1, -0.05) is 66.4 Å². The molecule has 11 nitrogen and oxygen atoms in total. The van der Waals surface area contributed by atoms with Crippen LogP contribution in [0.2, 0.25) is 0 Å². The summed E-state index contributed by atoms with van der Waals surface area (Å²) in [5.41, 5.74) is 5.35. The fraction of sp³-hybridized carbons (Fsp3) is 0.667. The summed E-state index contributed by atoms with van der Waals surface area (Å²) in [6, 6.07) is 4.39. The Morgan fingerprint density at radius 2 is 1.44 bits per heavy atom. The minimum Gasteiger partial charge on any atom is -0.468 e. The minimum absolute atomic E-state index is 0.00742. The second-order valence-corrected chi connectivity index (χ2v) is 10.4. The van der Waals surface area contributed by atoms with Gasteiger partial charge in [-0.2, -0.15) is 0 Å². The summed E-state index contributed by atoms with van der Waals surface area (Å²) < 4.78 is 31.2. The zero-order valence-corrected chi connectivity index (χ0v) is 25.3. The highest BCUT2D eigenvalue weighted by Crippen LogP contribution is 2.31. The van der Waals surface area contributed by atoms with E-state index >= 15 is 0 Å². The van der Waals surface area contributed by atoms with Crippen LogP contribution in [0.3, 0.4) is 0 Å². The number of rotatable bonds is 18. The van der Waals surface area contributed by atoms with Crippen LogP contribution in [0.4, 0.5) is 9.59 Å². The van der Waals surface area contributed by atoms with Crippen LogP contribution < -0.4 is 15.2 Å². The van der Waals surface area contributed by atoms with Crippen molar-refractivity contribution in [1.29, 1.82) is 0 Å². The molecule has 0 aliphatic carbocycles. The Morgan fingerprint density at radius 1 is 0.854 bits per heavy atom. The lowest BCUT2D eigenvalue weighted by Gasteiger charge is -2.26. The topological polar surface area (TPSA) is 150 Å². The average molecular weight is 582 g/mol. The van der Waals surface area contributed by atoms with Crippen molar-refractivity contribution in [3.05, 3.63) is 23.8 Å². The molecule has 2 N–H and O–H groups in total. The molecule has 0 aromatic heterocycles. The molecular weight excluding hydrogens is 534 g/mol. The monoisotopic (exact) mass is 581 g/mol.